The van der Waals surface area contributed by atoms with Gasteiger partial charge in [-0.1, -0.05) is 0 Å². The van der Waals surface area contributed by atoms with Gasteiger partial charge in [0.25, 0.3) is 0 Å². The lowest BCUT2D eigenvalue weighted by atomic mass is 10.1. The number of hydrogen-bond donors (Lipinski definition) is 0. The molecule has 3 nitrogen and oxygen atoms in total. The molecule has 17 heavy (non-hydrogen) atoms. The fourth-order valence-corrected chi connectivity index (χ4v) is 1.77. The van der Waals surface area contributed by atoms with Crippen molar-refractivity contribution in [1.29, 1.82) is 0 Å². The average molecular weight is 232 g/mol. The fourth-order valence-electron chi connectivity index (χ4n) is 1.77. The number of nitrogens with zero attached hydrogens (tertiary/aromatic N) is 2. The third kappa shape index (κ3) is 2.41. The van der Waals surface area contributed by atoms with Crippen LogP contribution in [0.2, 0.25) is 0 Å². The average Bonchev–Trinajstić information content (AvgIpc) is 2.79. The molecule has 2 rings (SSSR count). The van der Waals surface area contributed by atoms with Gasteiger partial charge in [0, 0.05) is 30.9 Å². The monoisotopic (exact) mass is 232 g/mol. The number of carbonyl (C=O) groups is 1. The minimum Gasteiger partial charge on any atom is -0.335 e. The first-order valence-corrected chi connectivity index (χ1v) is 5.48. The molecule has 0 bridgehead atoms. The van der Waals surface area contributed by atoms with E-state index in [0.717, 1.165) is 18.7 Å². The van der Waals surface area contributed by atoms with E-state index in [1.54, 1.807) is 12.3 Å². The Morgan fingerprint density at radius 1 is 1.47 bits per heavy atom. The van der Waals surface area contributed by atoms with Crippen LogP contribution in [0.4, 0.5) is 4.39 Å². The summed E-state index contributed by atoms with van der Waals surface area (Å²) in [6.07, 6.45) is 4.67. The van der Waals surface area contributed by atoms with E-state index in [1.807, 2.05) is 17.7 Å². The molecular weight excluding hydrogens is 219 g/mol. The summed E-state index contributed by atoms with van der Waals surface area (Å²) in [5.41, 5.74) is 0.978. The Hall–Kier alpha value is -1.97. The molecular formula is C13H13FN2O. The van der Waals surface area contributed by atoms with Crippen LogP contribution in [0.25, 0.3) is 0 Å². The van der Waals surface area contributed by atoms with Crippen LogP contribution in [-0.4, -0.2) is 15.8 Å². The first-order valence-electron chi connectivity index (χ1n) is 5.48. The molecule has 0 atom stereocenters. The topological polar surface area (TPSA) is 34.9 Å². The number of aldehydes is 1. The summed E-state index contributed by atoms with van der Waals surface area (Å²) in [6.45, 7) is 2.80. The van der Waals surface area contributed by atoms with Gasteiger partial charge in [-0.05, 0) is 30.7 Å². The smallest absolute Gasteiger partial charge is 0.150 e. The van der Waals surface area contributed by atoms with Crippen LogP contribution in [0.5, 0.6) is 0 Å². The molecule has 0 radical (unpaired) electrons. The molecule has 0 amide bonds. The fraction of sp³-hybridized carbons (Fsp3) is 0.231. The predicted molar refractivity (Wildman–Crippen MR) is 62.5 cm³/mol. The third-order valence-electron chi connectivity index (χ3n) is 2.70. The van der Waals surface area contributed by atoms with E-state index < -0.39 is 0 Å². The maximum Gasteiger partial charge on any atom is 0.150 e. The van der Waals surface area contributed by atoms with Crippen molar-refractivity contribution in [3.63, 3.8) is 0 Å². The molecule has 2 aromatic rings. The van der Waals surface area contributed by atoms with Gasteiger partial charge < -0.3 is 4.57 Å². The minimum absolute atomic E-state index is 0.304. The molecule has 1 aromatic carbocycles. The van der Waals surface area contributed by atoms with E-state index in [9.17, 15) is 9.18 Å². The van der Waals surface area contributed by atoms with Crippen molar-refractivity contribution in [2.45, 2.75) is 19.9 Å². The zero-order valence-corrected chi connectivity index (χ0v) is 9.56. The second kappa shape index (κ2) is 4.91. The summed E-state index contributed by atoms with van der Waals surface area (Å²) in [5.74, 6) is 0.496. The number of rotatable bonds is 4. The van der Waals surface area contributed by atoms with Gasteiger partial charge in [-0.25, -0.2) is 9.37 Å². The molecule has 1 aromatic heterocycles. The van der Waals surface area contributed by atoms with Crippen molar-refractivity contribution < 1.29 is 9.18 Å². The number of imidazole rings is 1. The van der Waals surface area contributed by atoms with Crippen LogP contribution in [0.3, 0.4) is 0 Å². The number of aromatic nitrogens is 2. The van der Waals surface area contributed by atoms with Crippen LogP contribution in [0.15, 0.2) is 30.6 Å². The molecule has 0 aliphatic rings. The van der Waals surface area contributed by atoms with Gasteiger partial charge in [-0.15, -0.1) is 0 Å². The van der Waals surface area contributed by atoms with Gasteiger partial charge >= 0.3 is 0 Å². The first kappa shape index (κ1) is 11.5. The Morgan fingerprint density at radius 3 is 3.00 bits per heavy atom. The number of hydrogen-bond acceptors (Lipinski definition) is 2. The number of carbonyl (C=O) groups excluding carboxylic acids is 1. The Morgan fingerprint density at radius 2 is 2.29 bits per heavy atom. The highest BCUT2D eigenvalue weighted by Gasteiger charge is 2.08. The Labute approximate surface area is 98.9 Å². The van der Waals surface area contributed by atoms with Crippen LogP contribution in [0.1, 0.15) is 28.7 Å². The van der Waals surface area contributed by atoms with Crippen molar-refractivity contribution in [3.05, 3.63) is 53.4 Å². The number of benzene rings is 1. The van der Waals surface area contributed by atoms with E-state index in [1.165, 1.54) is 12.1 Å². The molecule has 0 spiro atoms. The van der Waals surface area contributed by atoms with Crippen molar-refractivity contribution in [2.24, 2.45) is 0 Å². The molecule has 0 fully saturated rings. The highest BCUT2D eigenvalue weighted by molar-refractivity contribution is 5.75. The van der Waals surface area contributed by atoms with Crippen molar-refractivity contribution in [3.8, 4) is 0 Å². The SMILES string of the molecule is CCn1ccnc1Cc1cc(C=O)ccc1F. The summed E-state index contributed by atoms with van der Waals surface area (Å²) >= 11 is 0. The van der Waals surface area contributed by atoms with Crippen LogP contribution in [-0.2, 0) is 13.0 Å². The second-order valence-electron chi connectivity index (χ2n) is 3.77. The van der Waals surface area contributed by atoms with Crippen LogP contribution >= 0.6 is 0 Å². The predicted octanol–water partition coefficient (Wildman–Crippen LogP) is 2.45. The highest BCUT2D eigenvalue weighted by Crippen LogP contribution is 2.14. The summed E-state index contributed by atoms with van der Waals surface area (Å²) in [4.78, 5) is 14.8. The van der Waals surface area contributed by atoms with E-state index in [0.29, 0.717) is 17.5 Å². The van der Waals surface area contributed by atoms with Crippen molar-refractivity contribution >= 4 is 6.29 Å². The molecule has 0 saturated carbocycles. The lowest BCUT2D eigenvalue weighted by Gasteiger charge is -2.06. The zero-order valence-electron chi connectivity index (χ0n) is 9.56. The van der Waals surface area contributed by atoms with Crippen molar-refractivity contribution in [2.75, 3.05) is 0 Å². The van der Waals surface area contributed by atoms with Gasteiger partial charge in [0.15, 0.2) is 0 Å². The normalized spacial score (nSPS) is 10.5. The number of halogens is 1. The maximum absolute atomic E-state index is 13.6. The molecule has 0 saturated heterocycles. The maximum atomic E-state index is 13.6. The van der Waals surface area contributed by atoms with E-state index in [-0.39, 0.29) is 5.82 Å². The quantitative estimate of drug-likeness (QED) is 0.759. The molecule has 0 aliphatic heterocycles. The number of aryl methyl sites for hydroxylation is 1. The van der Waals surface area contributed by atoms with Gasteiger partial charge in [-0.3, -0.25) is 4.79 Å². The van der Waals surface area contributed by atoms with Crippen molar-refractivity contribution in [1.82, 2.24) is 9.55 Å². The lowest BCUT2D eigenvalue weighted by molar-refractivity contribution is 0.112. The molecule has 4 heteroatoms. The van der Waals surface area contributed by atoms with E-state index in [4.69, 9.17) is 0 Å². The molecule has 0 N–H and O–H groups in total. The van der Waals surface area contributed by atoms with Crippen LogP contribution in [0, 0.1) is 5.82 Å². The summed E-state index contributed by atoms with van der Waals surface area (Å²) < 4.78 is 15.5. The Bertz CT molecular complexity index is 534. The molecule has 1 heterocycles. The van der Waals surface area contributed by atoms with E-state index >= 15 is 0 Å². The first-order chi connectivity index (χ1) is 8.24. The Balaban J connectivity index is 2.32. The van der Waals surface area contributed by atoms with Gasteiger partial charge in [0.2, 0.25) is 0 Å². The molecule has 0 unspecified atom stereocenters. The Kier molecular flexibility index (Phi) is 3.32. The second-order valence-corrected chi connectivity index (χ2v) is 3.77. The molecule has 88 valence electrons. The minimum atomic E-state index is -0.304. The summed E-state index contributed by atoms with van der Waals surface area (Å²) in [5, 5.41) is 0. The van der Waals surface area contributed by atoms with Crippen LogP contribution < -0.4 is 0 Å². The third-order valence-corrected chi connectivity index (χ3v) is 2.70. The summed E-state index contributed by atoms with van der Waals surface area (Å²) in [7, 11) is 0. The van der Waals surface area contributed by atoms with Gasteiger partial charge in [0.05, 0.1) is 0 Å². The lowest BCUT2D eigenvalue weighted by Crippen LogP contribution is -2.03. The standard InChI is InChI=1S/C13H13FN2O/c1-2-16-6-5-15-13(16)8-11-7-10(9-17)3-4-12(11)14/h3-7,9H,2,8H2,1H3. The zero-order chi connectivity index (χ0) is 12.3. The largest absolute Gasteiger partial charge is 0.335 e. The van der Waals surface area contributed by atoms with Gasteiger partial charge in [0.1, 0.15) is 17.9 Å². The summed E-state index contributed by atoms with van der Waals surface area (Å²) in [6, 6.07) is 4.35. The van der Waals surface area contributed by atoms with E-state index in [2.05, 4.69) is 4.98 Å². The molecule has 0 aliphatic carbocycles. The van der Waals surface area contributed by atoms with Gasteiger partial charge in [-0.2, -0.15) is 0 Å². The highest BCUT2D eigenvalue weighted by atomic mass is 19.1.